The molecule has 10 nitrogen and oxygen atoms in total. The Balaban J connectivity index is 1.31. The summed E-state index contributed by atoms with van der Waals surface area (Å²) in [6.07, 6.45) is 9.97. The molecule has 0 fully saturated rings. The average molecular weight is 722 g/mol. The van der Waals surface area contributed by atoms with Crippen molar-refractivity contribution in [2.75, 3.05) is 5.75 Å². The molecule has 0 spiro atoms. The van der Waals surface area contributed by atoms with Crippen LogP contribution in [0.2, 0.25) is 0 Å². The quantitative estimate of drug-likeness (QED) is 0.0458. The molecule has 1 aromatic heterocycles. The van der Waals surface area contributed by atoms with Crippen molar-refractivity contribution in [1.29, 1.82) is 0 Å². The number of amidine groups is 1. The molecule has 6 rings (SSSR count). The van der Waals surface area contributed by atoms with E-state index in [0.717, 1.165) is 39.4 Å². The summed E-state index contributed by atoms with van der Waals surface area (Å²) in [5, 5.41) is 15.3. The number of nitro benzene ring substituents is 1. The van der Waals surface area contributed by atoms with Gasteiger partial charge in [0.15, 0.2) is 5.17 Å². The number of fused-ring (bicyclic) bond motifs is 1. The first-order valence-corrected chi connectivity index (χ1v) is 17.7. The highest BCUT2D eigenvalue weighted by Crippen LogP contribution is 2.30. The van der Waals surface area contributed by atoms with Crippen LogP contribution in [0.3, 0.4) is 0 Å². The molecule has 1 N–H and O–H groups in total. The van der Waals surface area contributed by atoms with Gasteiger partial charge in [-0.25, -0.2) is 0 Å². The van der Waals surface area contributed by atoms with Crippen LogP contribution < -0.4 is 5.32 Å². The summed E-state index contributed by atoms with van der Waals surface area (Å²) < 4.78 is 1.92. The molecule has 0 radical (unpaired) electrons. The molecule has 0 saturated heterocycles. The largest absolute Gasteiger partial charge is 0.344 e. The van der Waals surface area contributed by atoms with Gasteiger partial charge in [-0.3, -0.25) is 29.4 Å². The number of nitrogens with one attached hydrogen (secondary N) is 1. The number of aliphatic imine (C=N–C) groups is 1. The molecule has 0 saturated carbocycles. The number of carbonyl (C=O) groups is 3. The molecule has 5 aromatic rings. The standard InChI is InChI=1S/C42H35N5O5S/c1-3-5-20-33(4-2)46-41(50)36(25-32-27-45(37-23-13-12-22-35(32)37)26-29-15-14-21-34(24-29)47(51)52)40(49)44-42(46)53-28-38(48)43-39(30-16-8-6-9-17-30)31-18-10-7-11-19-31/h3-25,27,39H,1,26,28H2,2H3,(H,43,48)/b20-5-,33-4+,36-25+. The Morgan fingerprint density at radius 3 is 2.30 bits per heavy atom. The predicted molar refractivity (Wildman–Crippen MR) is 210 cm³/mol. The third-order valence-corrected chi connectivity index (χ3v) is 9.45. The van der Waals surface area contributed by atoms with Crippen molar-refractivity contribution < 1.29 is 19.3 Å². The van der Waals surface area contributed by atoms with E-state index in [2.05, 4.69) is 16.9 Å². The van der Waals surface area contributed by atoms with Crippen molar-refractivity contribution in [1.82, 2.24) is 14.8 Å². The van der Waals surface area contributed by atoms with Gasteiger partial charge in [-0.1, -0.05) is 128 Å². The first-order chi connectivity index (χ1) is 25.8. The lowest BCUT2D eigenvalue weighted by Gasteiger charge is -2.28. The van der Waals surface area contributed by atoms with Crippen LogP contribution in [0.25, 0.3) is 17.0 Å². The molecule has 0 atom stereocenters. The zero-order valence-corrected chi connectivity index (χ0v) is 29.6. The Morgan fingerprint density at radius 2 is 1.64 bits per heavy atom. The highest BCUT2D eigenvalue weighted by Gasteiger charge is 2.35. The van der Waals surface area contributed by atoms with Gasteiger partial charge in [-0.2, -0.15) is 4.99 Å². The minimum Gasteiger partial charge on any atom is -0.344 e. The summed E-state index contributed by atoms with van der Waals surface area (Å²) in [6, 6.07) is 32.7. The molecule has 264 valence electrons. The number of nitrogens with zero attached hydrogens (tertiary/aromatic N) is 4. The van der Waals surface area contributed by atoms with Crippen LogP contribution in [0.4, 0.5) is 5.69 Å². The van der Waals surface area contributed by atoms with Crippen LogP contribution in [0, 0.1) is 10.1 Å². The Kier molecular flexibility index (Phi) is 11.4. The number of rotatable bonds is 12. The van der Waals surface area contributed by atoms with Gasteiger partial charge in [-0.15, -0.1) is 0 Å². The molecule has 11 heteroatoms. The number of carbonyl (C=O) groups excluding carboxylic acids is 3. The van der Waals surface area contributed by atoms with E-state index in [-0.39, 0.29) is 28.1 Å². The SMILES string of the molecule is C=C/C=C\C(=C/C)N1C(=O)/C(=C/c2cn(Cc3cccc([N+](=O)[O-])c3)c3ccccc23)C(=O)N=C1SCC(=O)NC(c1ccccc1)c1ccccc1. The Bertz CT molecular complexity index is 2290. The summed E-state index contributed by atoms with van der Waals surface area (Å²) >= 11 is 0.992. The van der Waals surface area contributed by atoms with Crippen LogP contribution in [0.5, 0.6) is 0 Å². The Morgan fingerprint density at radius 1 is 0.962 bits per heavy atom. The van der Waals surface area contributed by atoms with Gasteiger partial charge in [0.05, 0.1) is 16.7 Å². The van der Waals surface area contributed by atoms with Crippen LogP contribution in [-0.4, -0.2) is 43.0 Å². The Hall–Kier alpha value is -6.59. The van der Waals surface area contributed by atoms with E-state index >= 15 is 0 Å². The number of nitro groups is 1. The van der Waals surface area contributed by atoms with Crippen molar-refractivity contribution in [3.8, 4) is 0 Å². The van der Waals surface area contributed by atoms with Crippen molar-refractivity contribution >= 4 is 57.3 Å². The molecule has 1 aliphatic heterocycles. The van der Waals surface area contributed by atoms with Crippen LogP contribution in [-0.2, 0) is 20.9 Å². The summed E-state index contributed by atoms with van der Waals surface area (Å²) in [5.74, 6) is -1.76. The van der Waals surface area contributed by atoms with E-state index in [9.17, 15) is 24.5 Å². The monoisotopic (exact) mass is 721 g/mol. The third kappa shape index (κ3) is 8.32. The zero-order chi connectivity index (χ0) is 37.3. The summed E-state index contributed by atoms with van der Waals surface area (Å²) in [5.41, 5.74) is 4.23. The molecule has 0 aliphatic carbocycles. The van der Waals surface area contributed by atoms with Crippen molar-refractivity contribution in [2.45, 2.75) is 19.5 Å². The number of aromatic nitrogens is 1. The van der Waals surface area contributed by atoms with Crippen LogP contribution in [0.1, 0.15) is 35.2 Å². The number of amides is 3. The van der Waals surface area contributed by atoms with Crippen molar-refractivity contribution in [3.63, 3.8) is 0 Å². The predicted octanol–water partition coefficient (Wildman–Crippen LogP) is 7.99. The molecule has 2 heterocycles. The zero-order valence-electron chi connectivity index (χ0n) is 28.8. The number of thioether (sulfide) groups is 1. The summed E-state index contributed by atoms with van der Waals surface area (Å²) in [7, 11) is 0. The van der Waals surface area contributed by atoms with Gasteiger partial charge < -0.3 is 9.88 Å². The average Bonchev–Trinajstić information content (AvgIpc) is 3.52. The second kappa shape index (κ2) is 16.6. The lowest BCUT2D eigenvalue weighted by atomic mass is 9.99. The minimum atomic E-state index is -0.737. The van der Waals surface area contributed by atoms with E-state index < -0.39 is 22.8 Å². The number of benzene rings is 4. The molecular weight excluding hydrogens is 687 g/mol. The van der Waals surface area contributed by atoms with Gasteiger partial charge in [0, 0.05) is 47.0 Å². The molecule has 3 amide bonds. The second-order valence-electron chi connectivity index (χ2n) is 12.0. The first-order valence-electron chi connectivity index (χ1n) is 16.7. The molecule has 0 unspecified atom stereocenters. The van der Waals surface area contributed by atoms with Gasteiger partial charge in [0.25, 0.3) is 17.5 Å². The fraction of sp³-hybridized carbons (Fsp3) is 0.0952. The van der Waals surface area contributed by atoms with E-state index in [1.165, 1.54) is 23.1 Å². The molecule has 1 aliphatic rings. The maximum Gasteiger partial charge on any atom is 0.285 e. The molecule has 0 bridgehead atoms. The second-order valence-corrected chi connectivity index (χ2v) is 12.9. The summed E-state index contributed by atoms with van der Waals surface area (Å²) in [6.45, 7) is 5.82. The normalized spacial score (nSPS) is 14.3. The minimum absolute atomic E-state index is 0.0127. The van der Waals surface area contributed by atoms with Crippen molar-refractivity contribution in [3.05, 3.63) is 190 Å². The van der Waals surface area contributed by atoms with Gasteiger partial charge >= 0.3 is 0 Å². The lowest BCUT2D eigenvalue weighted by molar-refractivity contribution is -0.384. The maximum atomic E-state index is 14.3. The number of para-hydroxylation sites is 1. The Labute approximate surface area is 310 Å². The van der Waals surface area contributed by atoms with E-state index in [1.54, 1.807) is 43.4 Å². The van der Waals surface area contributed by atoms with E-state index in [1.807, 2.05) is 95.7 Å². The molecule has 4 aromatic carbocycles. The number of non-ortho nitro benzene ring substituents is 1. The van der Waals surface area contributed by atoms with E-state index in [0.29, 0.717) is 17.8 Å². The highest BCUT2D eigenvalue weighted by molar-refractivity contribution is 8.14. The van der Waals surface area contributed by atoms with Crippen LogP contribution >= 0.6 is 11.8 Å². The number of hydrogen-bond acceptors (Lipinski definition) is 6. The fourth-order valence-electron chi connectivity index (χ4n) is 6.03. The molecule has 53 heavy (non-hydrogen) atoms. The smallest absolute Gasteiger partial charge is 0.285 e. The maximum absolute atomic E-state index is 14.3. The summed E-state index contributed by atoms with van der Waals surface area (Å²) in [4.78, 5) is 58.1. The first kappa shape index (κ1) is 36.2. The van der Waals surface area contributed by atoms with E-state index in [4.69, 9.17) is 0 Å². The van der Waals surface area contributed by atoms with Gasteiger partial charge in [-0.05, 0) is 41.8 Å². The van der Waals surface area contributed by atoms with Gasteiger partial charge in [0.2, 0.25) is 5.91 Å². The number of allylic oxidation sites excluding steroid dienone is 4. The lowest BCUT2D eigenvalue weighted by Crippen LogP contribution is -2.42. The third-order valence-electron chi connectivity index (χ3n) is 8.51. The van der Waals surface area contributed by atoms with Gasteiger partial charge in [0.1, 0.15) is 5.57 Å². The highest BCUT2D eigenvalue weighted by atomic mass is 32.2. The van der Waals surface area contributed by atoms with Crippen LogP contribution in [0.15, 0.2) is 163 Å². The number of hydrogen-bond donors (Lipinski definition) is 1. The topological polar surface area (TPSA) is 127 Å². The molecular formula is C42H35N5O5S. The fourth-order valence-corrected chi connectivity index (χ4v) is 6.84. The van der Waals surface area contributed by atoms with Crippen molar-refractivity contribution in [2.24, 2.45) is 4.99 Å².